The first-order valence-electron chi connectivity index (χ1n) is 7.38. The monoisotopic (exact) mass is 335 g/mol. The minimum Gasteiger partial charge on any atom is -0.462 e. The van der Waals surface area contributed by atoms with Gasteiger partial charge < -0.3 is 10.1 Å². The quantitative estimate of drug-likeness (QED) is 0.702. The molecule has 0 aliphatic carbocycles. The van der Waals surface area contributed by atoms with Gasteiger partial charge >= 0.3 is 5.97 Å². The van der Waals surface area contributed by atoms with E-state index in [0.29, 0.717) is 11.6 Å². The molecule has 3 rings (SSSR count). The van der Waals surface area contributed by atoms with Crippen LogP contribution >= 0.6 is 0 Å². The van der Waals surface area contributed by atoms with E-state index in [1.807, 2.05) is 6.07 Å². The molecular formula is C16H13N7O2. The zero-order chi connectivity index (χ0) is 17.6. The summed E-state index contributed by atoms with van der Waals surface area (Å²) in [7, 11) is 0. The summed E-state index contributed by atoms with van der Waals surface area (Å²) in [5.41, 5.74) is 0.432. The molecule has 9 nitrogen and oxygen atoms in total. The second-order valence-electron chi connectivity index (χ2n) is 4.75. The second-order valence-corrected chi connectivity index (χ2v) is 4.75. The van der Waals surface area contributed by atoms with Crippen molar-refractivity contribution in [1.29, 1.82) is 5.26 Å². The first-order chi connectivity index (χ1) is 12.2. The molecule has 9 heteroatoms. The molecule has 3 aromatic rings. The molecular weight excluding hydrogens is 322 g/mol. The lowest BCUT2D eigenvalue weighted by Gasteiger charge is -2.11. The van der Waals surface area contributed by atoms with Crippen LogP contribution in [0, 0.1) is 11.3 Å². The number of hydrogen-bond donors (Lipinski definition) is 1. The maximum Gasteiger partial charge on any atom is 0.343 e. The molecule has 0 radical (unpaired) electrons. The topological polar surface area (TPSA) is 119 Å². The molecule has 0 fully saturated rings. The fourth-order valence-electron chi connectivity index (χ4n) is 2.10. The van der Waals surface area contributed by atoms with E-state index in [1.54, 1.807) is 31.3 Å². The second kappa shape index (κ2) is 7.18. The lowest BCUT2D eigenvalue weighted by Crippen LogP contribution is -2.12. The van der Waals surface area contributed by atoms with Crippen LogP contribution in [0.5, 0.6) is 0 Å². The van der Waals surface area contributed by atoms with Gasteiger partial charge in [-0.1, -0.05) is 6.07 Å². The molecule has 0 bridgehead atoms. The van der Waals surface area contributed by atoms with E-state index < -0.39 is 5.97 Å². The lowest BCUT2D eigenvalue weighted by molar-refractivity contribution is 0.0526. The number of carbonyl (C=O) groups excluding carboxylic acids is 1. The zero-order valence-electron chi connectivity index (χ0n) is 13.2. The summed E-state index contributed by atoms with van der Waals surface area (Å²) in [6.45, 7) is 1.93. The Morgan fingerprint density at radius 2 is 2.24 bits per heavy atom. The maximum atomic E-state index is 12.1. The SMILES string of the molecule is CCOC(=O)c1cncnc1Nc1c(C#N)cnn1-c1ccccn1. The van der Waals surface area contributed by atoms with Crippen molar-refractivity contribution in [2.75, 3.05) is 11.9 Å². The van der Waals surface area contributed by atoms with Crippen molar-refractivity contribution >= 4 is 17.6 Å². The summed E-state index contributed by atoms with van der Waals surface area (Å²) in [6, 6.07) is 7.36. The summed E-state index contributed by atoms with van der Waals surface area (Å²) in [5, 5.41) is 16.5. The van der Waals surface area contributed by atoms with Crippen LogP contribution in [0.25, 0.3) is 5.82 Å². The first-order valence-corrected chi connectivity index (χ1v) is 7.38. The molecule has 0 aliphatic rings. The Balaban J connectivity index is 2.04. The van der Waals surface area contributed by atoms with E-state index in [-0.39, 0.29) is 23.6 Å². The van der Waals surface area contributed by atoms with E-state index in [4.69, 9.17) is 4.74 Å². The van der Waals surface area contributed by atoms with Crippen LogP contribution in [0.1, 0.15) is 22.8 Å². The van der Waals surface area contributed by atoms with Crippen molar-refractivity contribution in [3.63, 3.8) is 0 Å². The highest BCUT2D eigenvalue weighted by Crippen LogP contribution is 2.24. The molecule has 25 heavy (non-hydrogen) atoms. The molecule has 0 saturated carbocycles. The van der Waals surface area contributed by atoms with Crippen molar-refractivity contribution < 1.29 is 9.53 Å². The largest absolute Gasteiger partial charge is 0.462 e. The molecule has 0 amide bonds. The number of nitrogens with one attached hydrogen (secondary N) is 1. The van der Waals surface area contributed by atoms with Crippen LogP contribution in [0.3, 0.4) is 0 Å². The molecule has 0 aromatic carbocycles. The summed E-state index contributed by atoms with van der Waals surface area (Å²) < 4.78 is 6.45. The van der Waals surface area contributed by atoms with Gasteiger partial charge in [0.05, 0.1) is 12.8 Å². The summed E-state index contributed by atoms with van der Waals surface area (Å²) in [4.78, 5) is 24.2. The predicted octanol–water partition coefficient (Wildman–Crippen LogP) is 1.85. The number of pyridine rings is 1. The Bertz CT molecular complexity index is 931. The summed E-state index contributed by atoms with van der Waals surface area (Å²) in [6.07, 6.45) is 5.66. The minimum atomic E-state index is -0.562. The highest BCUT2D eigenvalue weighted by molar-refractivity contribution is 5.95. The fourth-order valence-corrected chi connectivity index (χ4v) is 2.10. The van der Waals surface area contributed by atoms with E-state index in [2.05, 4.69) is 25.4 Å². The van der Waals surface area contributed by atoms with Crippen LogP contribution in [0.4, 0.5) is 11.6 Å². The fraction of sp³-hybridized carbons (Fsp3) is 0.125. The van der Waals surface area contributed by atoms with Crippen molar-refractivity contribution in [2.24, 2.45) is 0 Å². The number of hydrogen-bond acceptors (Lipinski definition) is 8. The highest BCUT2D eigenvalue weighted by Gasteiger charge is 2.19. The van der Waals surface area contributed by atoms with Gasteiger partial charge in [-0.3, -0.25) is 0 Å². The van der Waals surface area contributed by atoms with Crippen LogP contribution < -0.4 is 5.32 Å². The Kier molecular flexibility index (Phi) is 4.62. The number of ether oxygens (including phenoxy) is 1. The average molecular weight is 335 g/mol. The Hall–Kier alpha value is -3.80. The lowest BCUT2D eigenvalue weighted by atomic mass is 10.3. The number of anilines is 2. The molecule has 124 valence electrons. The number of rotatable bonds is 5. The normalized spacial score (nSPS) is 10.1. The third kappa shape index (κ3) is 3.28. The van der Waals surface area contributed by atoms with Gasteiger partial charge in [0.25, 0.3) is 0 Å². The van der Waals surface area contributed by atoms with Gasteiger partial charge in [-0.25, -0.2) is 19.7 Å². The van der Waals surface area contributed by atoms with E-state index in [0.717, 1.165) is 0 Å². The molecule has 0 atom stereocenters. The molecule has 3 aromatic heterocycles. The van der Waals surface area contributed by atoms with Gasteiger partial charge in [-0.05, 0) is 19.1 Å². The maximum absolute atomic E-state index is 12.1. The van der Waals surface area contributed by atoms with Gasteiger partial charge in [-0.15, -0.1) is 0 Å². The Morgan fingerprint density at radius 1 is 1.36 bits per heavy atom. The number of nitriles is 1. The molecule has 3 heterocycles. The predicted molar refractivity (Wildman–Crippen MR) is 87.3 cm³/mol. The Morgan fingerprint density at radius 3 is 2.96 bits per heavy atom. The van der Waals surface area contributed by atoms with Crippen molar-refractivity contribution in [3.05, 3.63) is 54.2 Å². The number of carbonyl (C=O) groups is 1. The Labute approximate surface area is 142 Å². The van der Waals surface area contributed by atoms with Gasteiger partial charge in [0.1, 0.15) is 29.3 Å². The van der Waals surface area contributed by atoms with E-state index in [1.165, 1.54) is 23.4 Å². The third-order valence-corrected chi connectivity index (χ3v) is 3.20. The smallest absolute Gasteiger partial charge is 0.343 e. The standard InChI is InChI=1S/C16H13N7O2/c1-2-25-16(24)12-9-18-10-20-14(12)22-15-11(7-17)8-21-23(15)13-5-3-4-6-19-13/h3-6,8-10H,2H2,1H3,(H,18,20,22). The molecule has 0 saturated heterocycles. The summed E-state index contributed by atoms with van der Waals surface area (Å²) >= 11 is 0. The van der Waals surface area contributed by atoms with E-state index in [9.17, 15) is 10.1 Å². The van der Waals surface area contributed by atoms with Crippen LogP contribution in [-0.4, -0.2) is 37.3 Å². The highest BCUT2D eigenvalue weighted by atomic mass is 16.5. The van der Waals surface area contributed by atoms with Crippen LogP contribution in [0.2, 0.25) is 0 Å². The number of nitrogens with zero attached hydrogens (tertiary/aromatic N) is 6. The van der Waals surface area contributed by atoms with Gasteiger partial charge in [0.2, 0.25) is 0 Å². The molecule has 0 unspecified atom stereocenters. The van der Waals surface area contributed by atoms with Gasteiger partial charge in [0.15, 0.2) is 11.6 Å². The van der Waals surface area contributed by atoms with Crippen molar-refractivity contribution in [2.45, 2.75) is 6.92 Å². The van der Waals surface area contributed by atoms with Gasteiger partial charge in [-0.2, -0.15) is 15.0 Å². The third-order valence-electron chi connectivity index (χ3n) is 3.20. The van der Waals surface area contributed by atoms with Gasteiger partial charge in [0, 0.05) is 12.4 Å². The average Bonchev–Trinajstić information content (AvgIpc) is 3.05. The first kappa shape index (κ1) is 16.1. The van der Waals surface area contributed by atoms with Crippen LogP contribution in [-0.2, 0) is 4.74 Å². The number of esters is 1. The molecule has 1 N–H and O–H groups in total. The van der Waals surface area contributed by atoms with E-state index >= 15 is 0 Å². The van der Waals surface area contributed by atoms with Crippen molar-refractivity contribution in [1.82, 2.24) is 24.7 Å². The minimum absolute atomic E-state index is 0.155. The zero-order valence-corrected chi connectivity index (χ0v) is 13.2. The molecule has 0 aliphatic heterocycles. The molecule has 0 spiro atoms. The number of aromatic nitrogens is 5. The van der Waals surface area contributed by atoms with Crippen molar-refractivity contribution in [3.8, 4) is 11.9 Å². The summed E-state index contributed by atoms with van der Waals surface area (Å²) in [5.74, 6) is 0.499. The van der Waals surface area contributed by atoms with Crippen LogP contribution in [0.15, 0.2) is 43.1 Å².